The summed E-state index contributed by atoms with van der Waals surface area (Å²) in [5.41, 5.74) is 6.74. The zero-order valence-electron chi connectivity index (χ0n) is 19.9. The van der Waals surface area contributed by atoms with Crippen molar-refractivity contribution >= 4 is 38.2 Å². The maximum atomic E-state index is 12.7. The Morgan fingerprint density at radius 2 is 1.83 bits per heavy atom. The molecule has 1 heterocycles. The summed E-state index contributed by atoms with van der Waals surface area (Å²) in [5, 5.41) is 8.76. The Bertz CT molecular complexity index is 1580. The number of nitrogens with two attached hydrogens (primary N) is 1. The Balaban J connectivity index is 1.70. The van der Waals surface area contributed by atoms with Crippen LogP contribution in [0, 0.1) is 13.8 Å². The van der Waals surface area contributed by atoms with E-state index in [1.807, 2.05) is 12.1 Å². The summed E-state index contributed by atoms with van der Waals surface area (Å²) >= 11 is 0. The number of anilines is 1. The second-order valence-corrected chi connectivity index (χ2v) is 9.97. The summed E-state index contributed by atoms with van der Waals surface area (Å²) in [4.78, 5) is 12.6. The second-order valence-electron chi connectivity index (χ2n) is 8.41. The van der Waals surface area contributed by atoms with Crippen LogP contribution in [0.15, 0.2) is 76.2 Å². The smallest absolute Gasteiger partial charge is 0.248 e. The molecule has 7 nitrogen and oxygen atoms in total. The monoisotopic (exact) mass is 490 g/mol. The van der Waals surface area contributed by atoms with Crippen molar-refractivity contribution in [3.63, 3.8) is 0 Å². The molecule has 0 radical (unpaired) electrons. The molecule has 3 aromatic carbocycles. The number of nitrogens with one attached hydrogen (secondary N) is 1. The highest BCUT2D eigenvalue weighted by atomic mass is 32.2. The van der Waals surface area contributed by atoms with E-state index in [1.165, 1.54) is 29.8 Å². The standard InChI is InChI=1S/C27H26N2O5S/c1-16-8-9-21(17(2)10-16)24-15-34-26-14-25(33-4)22(13-23(24)26)18(3)11-27(30)29-19-6-5-7-20(12-19)35(28,31)32/h5-15H,1-4H3,(H,29,30)(H2,28,31,32)/b18-11+. The van der Waals surface area contributed by atoms with Crippen molar-refractivity contribution in [2.75, 3.05) is 12.4 Å². The Kier molecular flexibility index (Phi) is 6.51. The quantitative estimate of drug-likeness (QED) is 0.351. The molecule has 3 N–H and O–H groups in total. The molecule has 0 saturated heterocycles. The van der Waals surface area contributed by atoms with Crippen LogP contribution in [0.25, 0.3) is 27.7 Å². The van der Waals surface area contributed by atoms with Gasteiger partial charge in [-0.25, -0.2) is 13.6 Å². The number of furan rings is 1. The molecular weight excluding hydrogens is 464 g/mol. The maximum Gasteiger partial charge on any atom is 0.248 e. The molecule has 180 valence electrons. The molecule has 0 spiro atoms. The van der Waals surface area contributed by atoms with Gasteiger partial charge in [0.05, 0.1) is 18.3 Å². The number of fused-ring (bicyclic) bond motifs is 1. The molecule has 0 atom stereocenters. The van der Waals surface area contributed by atoms with E-state index in [4.69, 9.17) is 14.3 Å². The fraction of sp³-hybridized carbons (Fsp3) is 0.148. The number of allylic oxidation sites excluding steroid dienone is 1. The fourth-order valence-corrected chi connectivity index (χ4v) is 4.62. The number of hydrogen-bond acceptors (Lipinski definition) is 5. The van der Waals surface area contributed by atoms with Gasteiger partial charge in [0.1, 0.15) is 11.3 Å². The van der Waals surface area contributed by atoms with E-state index < -0.39 is 15.9 Å². The molecule has 1 amide bonds. The third kappa shape index (κ3) is 5.13. The zero-order valence-corrected chi connectivity index (χ0v) is 20.7. The van der Waals surface area contributed by atoms with E-state index >= 15 is 0 Å². The topological polar surface area (TPSA) is 112 Å². The number of hydrogen-bond donors (Lipinski definition) is 2. The van der Waals surface area contributed by atoms with Crippen LogP contribution in [0.1, 0.15) is 23.6 Å². The number of ether oxygens (including phenoxy) is 1. The predicted octanol–water partition coefficient (Wildman–Crippen LogP) is 5.41. The van der Waals surface area contributed by atoms with Crippen molar-refractivity contribution in [3.05, 3.63) is 83.6 Å². The van der Waals surface area contributed by atoms with E-state index in [1.54, 1.807) is 26.4 Å². The molecule has 0 unspecified atom stereocenters. The lowest BCUT2D eigenvalue weighted by Gasteiger charge is -2.11. The van der Waals surface area contributed by atoms with Gasteiger partial charge in [-0.05, 0) is 61.7 Å². The number of methoxy groups -OCH3 is 1. The fourth-order valence-electron chi connectivity index (χ4n) is 4.06. The van der Waals surface area contributed by atoms with E-state index in [-0.39, 0.29) is 4.90 Å². The minimum atomic E-state index is -3.88. The van der Waals surface area contributed by atoms with Crippen LogP contribution in [-0.4, -0.2) is 21.4 Å². The van der Waals surface area contributed by atoms with Crippen LogP contribution >= 0.6 is 0 Å². The van der Waals surface area contributed by atoms with Gasteiger partial charge in [-0.3, -0.25) is 4.79 Å². The lowest BCUT2D eigenvalue weighted by molar-refractivity contribution is -0.111. The van der Waals surface area contributed by atoms with Crippen molar-refractivity contribution in [1.29, 1.82) is 0 Å². The third-order valence-electron chi connectivity index (χ3n) is 5.77. The van der Waals surface area contributed by atoms with Gasteiger partial charge < -0.3 is 14.5 Å². The average molecular weight is 491 g/mol. The highest BCUT2D eigenvalue weighted by molar-refractivity contribution is 7.89. The predicted molar refractivity (Wildman–Crippen MR) is 138 cm³/mol. The van der Waals surface area contributed by atoms with E-state index in [0.29, 0.717) is 22.6 Å². The highest BCUT2D eigenvalue weighted by Crippen LogP contribution is 2.38. The van der Waals surface area contributed by atoms with Crippen LogP contribution in [-0.2, 0) is 14.8 Å². The molecule has 0 aliphatic carbocycles. The number of sulfonamides is 1. The van der Waals surface area contributed by atoms with Crippen molar-refractivity contribution in [1.82, 2.24) is 0 Å². The number of aryl methyl sites for hydroxylation is 2. The number of carbonyl (C=O) groups is 1. The minimum Gasteiger partial charge on any atom is -0.496 e. The van der Waals surface area contributed by atoms with Crippen LogP contribution < -0.4 is 15.2 Å². The summed E-state index contributed by atoms with van der Waals surface area (Å²) < 4.78 is 34.6. The van der Waals surface area contributed by atoms with Gasteiger partial charge >= 0.3 is 0 Å². The first kappa shape index (κ1) is 24.3. The zero-order chi connectivity index (χ0) is 25.3. The molecule has 0 aliphatic heterocycles. The molecule has 4 rings (SSSR count). The Hall–Kier alpha value is -3.88. The summed E-state index contributed by atoms with van der Waals surface area (Å²) in [5.74, 6) is 0.148. The molecule has 0 saturated carbocycles. The highest BCUT2D eigenvalue weighted by Gasteiger charge is 2.16. The van der Waals surface area contributed by atoms with Crippen molar-refractivity contribution in [2.24, 2.45) is 5.14 Å². The molecular formula is C27H26N2O5S. The van der Waals surface area contributed by atoms with Crippen LogP contribution in [0.2, 0.25) is 0 Å². The van der Waals surface area contributed by atoms with Crippen molar-refractivity contribution in [2.45, 2.75) is 25.7 Å². The van der Waals surface area contributed by atoms with Gasteiger partial charge in [-0.2, -0.15) is 0 Å². The number of amides is 1. The Morgan fingerprint density at radius 1 is 1.06 bits per heavy atom. The largest absolute Gasteiger partial charge is 0.496 e. The second kappa shape index (κ2) is 9.40. The van der Waals surface area contributed by atoms with Gasteiger partial charge in [0.15, 0.2) is 0 Å². The minimum absolute atomic E-state index is 0.0815. The normalized spacial score (nSPS) is 12.1. The third-order valence-corrected chi connectivity index (χ3v) is 6.68. The number of primary sulfonamides is 1. The van der Waals surface area contributed by atoms with Crippen molar-refractivity contribution < 1.29 is 22.4 Å². The molecule has 4 aromatic rings. The summed E-state index contributed by atoms with van der Waals surface area (Å²) in [6.07, 6.45) is 3.17. The first-order valence-electron chi connectivity index (χ1n) is 10.9. The number of carbonyl (C=O) groups excluding carboxylic acids is 1. The van der Waals surface area contributed by atoms with Gasteiger partial charge in [0, 0.05) is 34.3 Å². The summed E-state index contributed by atoms with van der Waals surface area (Å²) in [7, 11) is -2.32. The van der Waals surface area contributed by atoms with E-state index in [0.717, 1.165) is 27.6 Å². The van der Waals surface area contributed by atoms with Gasteiger partial charge in [0.25, 0.3) is 0 Å². The number of rotatable bonds is 6. The van der Waals surface area contributed by atoms with Gasteiger partial charge in [-0.15, -0.1) is 0 Å². The van der Waals surface area contributed by atoms with Crippen molar-refractivity contribution in [3.8, 4) is 16.9 Å². The molecule has 0 bridgehead atoms. The Morgan fingerprint density at radius 3 is 2.51 bits per heavy atom. The van der Waals surface area contributed by atoms with Gasteiger partial charge in [-0.1, -0.05) is 29.8 Å². The lowest BCUT2D eigenvalue weighted by Crippen LogP contribution is -2.13. The average Bonchev–Trinajstić information content (AvgIpc) is 3.20. The van der Waals surface area contributed by atoms with Crippen LogP contribution in [0.4, 0.5) is 5.69 Å². The molecule has 35 heavy (non-hydrogen) atoms. The van der Waals surface area contributed by atoms with Crippen LogP contribution in [0.5, 0.6) is 5.75 Å². The van der Waals surface area contributed by atoms with E-state index in [9.17, 15) is 13.2 Å². The number of benzene rings is 3. The molecule has 0 fully saturated rings. The SMILES string of the molecule is COc1cc2occ(-c3ccc(C)cc3C)c2cc1/C(C)=C/C(=O)Nc1cccc(S(N)(=O)=O)c1. The van der Waals surface area contributed by atoms with Crippen LogP contribution in [0.3, 0.4) is 0 Å². The first-order valence-corrected chi connectivity index (χ1v) is 12.4. The Labute approximate surface area is 204 Å². The molecule has 8 heteroatoms. The molecule has 1 aromatic heterocycles. The van der Waals surface area contributed by atoms with Gasteiger partial charge in [0.2, 0.25) is 15.9 Å². The maximum absolute atomic E-state index is 12.7. The summed E-state index contributed by atoms with van der Waals surface area (Å²) in [6, 6.07) is 15.8. The lowest BCUT2D eigenvalue weighted by atomic mass is 9.96. The summed E-state index contributed by atoms with van der Waals surface area (Å²) in [6.45, 7) is 5.92. The van der Waals surface area contributed by atoms with E-state index in [2.05, 4.69) is 37.4 Å². The first-order chi connectivity index (χ1) is 16.6. The molecule has 0 aliphatic rings.